The van der Waals surface area contributed by atoms with Crippen LogP contribution < -0.4 is 10.1 Å². The second-order valence-corrected chi connectivity index (χ2v) is 7.28. The number of hydrogen-bond donors (Lipinski definition) is 1. The standard InChI is InChI=1S/C21H25ClN2O2/c1-24-12-10-20(11-13-24)26-19-8-4-17(5-9-19)15-23-21(25)14-16-2-6-18(22)7-3-16/h2-9,20H,10-15H2,1H3,(H,23,25). The number of rotatable bonds is 6. The number of carbonyl (C=O) groups excluding carboxylic acids is 1. The molecule has 2 aromatic rings. The lowest BCUT2D eigenvalue weighted by atomic mass is 10.1. The SMILES string of the molecule is CN1CCC(Oc2ccc(CNC(=O)Cc3ccc(Cl)cc3)cc2)CC1. The molecule has 4 nitrogen and oxygen atoms in total. The maximum absolute atomic E-state index is 12.1. The lowest BCUT2D eigenvalue weighted by molar-refractivity contribution is -0.120. The second-order valence-electron chi connectivity index (χ2n) is 6.84. The summed E-state index contributed by atoms with van der Waals surface area (Å²) in [7, 11) is 2.15. The summed E-state index contributed by atoms with van der Waals surface area (Å²) in [6.45, 7) is 2.69. The Morgan fingerprint density at radius 2 is 1.69 bits per heavy atom. The van der Waals surface area contributed by atoms with E-state index in [-0.39, 0.29) is 5.91 Å². The lowest BCUT2D eigenvalue weighted by Crippen LogP contribution is -2.35. The molecule has 1 N–H and O–H groups in total. The van der Waals surface area contributed by atoms with Crippen molar-refractivity contribution in [1.82, 2.24) is 10.2 Å². The molecule has 0 radical (unpaired) electrons. The molecule has 26 heavy (non-hydrogen) atoms. The number of nitrogens with one attached hydrogen (secondary N) is 1. The van der Waals surface area contributed by atoms with Crippen LogP contribution in [0.3, 0.4) is 0 Å². The van der Waals surface area contributed by atoms with E-state index < -0.39 is 0 Å². The summed E-state index contributed by atoms with van der Waals surface area (Å²) in [5.74, 6) is 0.898. The monoisotopic (exact) mass is 372 g/mol. The minimum atomic E-state index is -0.000950. The minimum absolute atomic E-state index is 0.000950. The highest BCUT2D eigenvalue weighted by Crippen LogP contribution is 2.19. The van der Waals surface area contributed by atoms with Crippen LogP contribution in [0.1, 0.15) is 24.0 Å². The van der Waals surface area contributed by atoms with Gasteiger partial charge in [0, 0.05) is 24.7 Å². The molecule has 0 atom stereocenters. The van der Waals surface area contributed by atoms with Crippen LogP contribution in [-0.2, 0) is 17.8 Å². The first kappa shape index (κ1) is 18.7. The third-order valence-electron chi connectivity index (χ3n) is 4.66. The minimum Gasteiger partial charge on any atom is -0.490 e. The Morgan fingerprint density at radius 3 is 2.35 bits per heavy atom. The normalized spacial score (nSPS) is 15.6. The van der Waals surface area contributed by atoms with Gasteiger partial charge in [0.1, 0.15) is 11.9 Å². The van der Waals surface area contributed by atoms with Crippen molar-refractivity contribution in [1.29, 1.82) is 0 Å². The van der Waals surface area contributed by atoms with Crippen molar-refractivity contribution in [2.45, 2.75) is 31.9 Å². The maximum Gasteiger partial charge on any atom is 0.224 e. The van der Waals surface area contributed by atoms with Crippen molar-refractivity contribution in [2.24, 2.45) is 0 Å². The number of carbonyl (C=O) groups is 1. The van der Waals surface area contributed by atoms with E-state index in [1.807, 2.05) is 36.4 Å². The molecule has 2 aromatic carbocycles. The van der Waals surface area contributed by atoms with E-state index in [1.54, 1.807) is 12.1 Å². The highest BCUT2D eigenvalue weighted by molar-refractivity contribution is 6.30. The van der Waals surface area contributed by atoms with Gasteiger partial charge in [0.25, 0.3) is 0 Å². The smallest absolute Gasteiger partial charge is 0.224 e. The summed E-state index contributed by atoms with van der Waals surface area (Å²) >= 11 is 5.86. The van der Waals surface area contributed by atoms with Gasteiger partial charge in [0.05, 0.1) is 6.42 Å². The zero-order valence-electron chi connectivity index (χ0n) is 15.1. The van der Waals surface area contributed by atoms with Crippen LogP contribution >= 0.6 is 11.6 Å². The first-order valence-corrected chi connectivity index (χ1v) is 9.41. The summed E-state index contributed by atoms with van der Waals surface area (Å²) < 4.78 is 6.05. The summed E-state index contributed by atoms with van der Waals surface area (Å²) in [6.07, 6.45) is 2.79. The number of hydrogen-bond acceptors (Lipinski definition) is 3. The molecule has 1 heterocycles. The fourth-order valence-electron chi connectivity index (χ4n) is 3.03. The van der Waals surface area contributed by atoms with Gasteiger partial charge in [-0.15, -0.1) is 0 Å². The first-order chi connectivity index (χ1) is 12.6. The van der Waals surface area contributed by atoms with Gasteiger partial charge in [-0.05, 0) is 55.3 Å². The van der Waals surface area contributed by atoms with Crippen LogP contribution in [0.25, 0.3) is 0 Å². The Hall–Kier alpha value is -2.04. The van der Waals surface area contributed by atoms with Crippen molar-refractivity contribution in [3.8, 4) is 5.75 Å². The molecule has 1 fully saturated rings. The fourth-order valence-corrected chi connectivity index (χ4v) is 3.16. The largest absolute Gasteiger partial charge is 0.490 e. The van der Waals surface area contributed by atoms with Gasteiger partial charge in [-0.3, -0.25) is 4.79 Å². The van der Waals surface area contributed by atoms with Gasteiger partial charge < -0.3 is 15.0 Å². The van der Waals surface area contributed by atoms with Crippen molar-refractivity contribution in [3.05, 3.63) is 64.7 Å². The molecule has 1 saturated heterocycles. The average Bonchev–Trinajstić information content (AvgIpc) is 2.65. The third kappa shape index (κ3) is 5.75. The molecule has 1 amide bonds. The maximum atomic E-state index is 12.1. The number of benzene rings is 2. The van der Waals surface area contributed by atoms with Gasteiger partial charge in [-0.1, -0.05) is 35.9 Å². The highest BCUT2D eigenvalue weighted by atomic mass is 35.5. The third-order valence-corrected chi connectivity index (χ3v) is 4.91. The molecule has 0 saturated carbocycles. The number of likely N-dealkylation sites (tertiary alicyclic amines) is 1. The Labute approximate surface area is 160 Å². The van der Waals surface area contributed by atoms with Crippen LogP contribution in [0.15, 0.2) is 48.5 Å². The first-order valence-electron chi connectivity index (χ1n) is 9.04. The van der Waals surface area contributed by atoms with Gasteiger partial charge >= 0.3 is 0 Å². The fraction of sp³-hybridized carbons (Fsp3) is 0.381. The van der Waals surface area contributed by atoms with Crippen LogP contribution in [0.2, 0.25) is 5.02 Å². The van der Waals surface area contributed by atoms with Crippen molar-refractivity contribution < 1.29 is 9.53 Å². The molecular weight excluding hydrogens is 348 g/mol. The molecule has 5 heteroatoms. The lowest BCUT2D eigenvalue weighted by Gasteiger charge is -2.29. The van der Waals surface area contributed by atoms with E-state index >= 15 is 0 Å². The summed E-state index contributed by atoms with van der Waals surface area (Å²) in [5, 5.41) is 3.63. The highest BCUT2D eigenvalue weighted by Gasteiger charge is 2.17. The Balaban J connectivity index is 1.43. The summed E-state index contributed by atoms with van der Waals surface area (Å²) in [6, 6.07) is 15.3. The molecule has 1 aliphatic rings. The topological polar surface area (TPSA) is 41.6 Å². The van der Waals surface area contributed by atoms with Crippen LogP contribution in [-0.4, -0.2) is 37.0 Å². The molecule has 138 valence electrons. The Kier molecular flexibility index (Phi) is 6.53. The predicted octanol–water partition coefficient (Wildman–Crippen LogP) is 3.67. The van der Waals surface area contributed by atoms with Crippen LogP contribution in [0.5, 0.6) is 5.75 Å². The quantitative estimate of drug-likeness (QED) is 0.841. The number of ether oxygens (including phenoxy) is 1. The van der Waals surface area contributed by atoms with E-state index in [2.05, 4.69) is 17.3 Å². The van der Waals surface area contributed by atoms with E-state index in [0.717, 1.165) is 42.8 Å². The number of nitrogens with zero attached hydrogens (tertiary/aromatic N) is 1. The van der Waals surface area contributed by atoms with Crippen LogP contribution in [0, 0.1) is 0 Å². The average molecular weight is 373 g/mol. The molecule has 1 aliphatic heterocycles. The molecule has 0 spiro atoms. The Bertz CT molecular complexity index is 708. The summed E-state index contributed by atoms with van der Waals surface area (Å²) in [5.41, 5.74) is 2.01. The number of piperidine rings is 1. The molecule has 0 unspecified atom stereocenters. The second kappa shape index (κ2) is 9.06. The van der Waals surface area contributed by atoms with Gasteiger partial charge in [0.2, 0.25) is 5.91 Å². The molecule has 0 bridgehead atoms. The van der Waals surface area contributed by atoms with E-state index in [9.17, 15) is 4.79 Å². The van der Waals surface area contributed by atoms with Crippen molar-refractivity contribution in [2.75, 3.05) is 20.1 Å². The van der Waals surface area contributed by atoms with Gasteiger partial charge in [-0.2, -0.15) is 0 Å². The van der Waals surface area contributed by atoms with Crippen LogP contribution in [0.4, 0.5) is 0 Å². The zero-order chi connectivity index (χ0) is 18.4. The predicted molar refractivity (Wildman–Crippen MR) is 105 cm³/mol. The molecule has 3 rings (SSSR count). The number of amides is 1. The van der Waals surface area contributed by atoms with Gasteiger partial charge in [-0.25, -0.2) is 0 Å². The molecule has 0 aromatic heterocycles. The van der Waals surface area contributed by atoms with Crippen molar-refractivity contribution >= 4 is 17.5 Å². The van der Waals surface area contributed by atoms with E-state index in [0.29, 0.717) is 24.1 Å². The van der Waals surface area contributed by atoms with Crippen molar-refractivity contribution in [3.63, 3.8) is 0 Å². The zero-order valence-corrected chi connectivity index (χ0v) is 15.8. The molecular formula is C21H25ClN2O2. The summed E-state index contributed by atoms with van der Waals surface area (Å²) in [4.78, 5) is 14.4. The Morgan fingerprint density at radius 1 is 1.08 bits per heavy atom. The van der Waals surface area contributed by atoms with E-state index in [1.165, 1.54) is 0 Å². The van der Waals surface area contributed by atoms with E-state index in [4.69, 9.17) is 16.3 Å². The number of halogens is 1. The molecule has 0 aliphatic carbocycles. The van der Waals surface area contributed by atoms with Gasteiger partial charge in [0.15, 0.2) is 0 Å².